The van der Waals surface area contributed by atoms with Gasteiger partial charge in [-0.25, -0.2) is 0 Å². The second-order valence-electron chi connectivity index (χ2n) is 5.97. The van der Waals surface area contributed by atoms with Crippen LogP contribution in [0.2, 0.25) is 0 Å². The van der Waals surface area contributed by atoms with Crippen molar-refractivity contribution in [1.29, 1.82) is 0 Å². The van der Waals surface area contributed by atoms with E-state index in [1.54, 1.807) is 0 Å². The number of pyridine rings is 1. The Kier molecular flexibility index (Phi) is 4.58. The van der Waals surface area contributed by atoms with E-state index >= 15 is 0 Å². The first kappa shape index (κ1) is 14.5. The van der Waals surface area contributed by atoms with Crippen LogP contribution in [0.5, 0.6) is 0 Å². The number of nitrogens with two attached hydrogens (primary N) is 1. The fourth-order valence-corrected chi connectivity index (χ4v) is 3.07. The lowest BCUT2D eigenvalue weighted by molar-refractivity contribution is 0.0542. The minimum atomic E-state index is 0.0312. The summed E-state index contributed by atoms with van der Waals surface area (Å²) in [5.74, 6) is 0. The van der Waals surface area contributed by atoms with E-state index in [0.29, 0.717) is 0 Å². The average Bonchev–Trinajstić information content (AvgIpc) is 2.47. The third-order valence-electron chi connectivity index (χ3n) is 4.76. The van der Waals surface area contributed by atoms with Gasteiger partial charge in [0.2, 0.25) is 0 Å². The largest absolute Gasteiger partial charge is 0.322 e. The Morgan fingerprint density at radius 3 is 2.53 bits per heavy atom. The molecule has 2 N–H and O–H groups in total. The van der Waals surface area contributed by atoms with E-state index < -0.39 is 0 Å². The Morgan fingerprint density at radius 2 is 2.00 bits per heavy atom. The highest BCUT2D eigenvalue weighted by molar-refractivity contribution is 5.21. The van der Waals surface area contributed by atoms with E-state index in [0.717, 1.165) is 17.7 Å². The summed E-state index contributed by atoms with van der Waals surface area (Å²) in [6.45, 7) is 8.92. The maximum atomic E-state index is 6.58. The van der Waals surface area contributed by atoms with Crippen LogP contribution in [-0.2, 0) is 0 Å². The van der Waals surface area contributed by atoms with Crippen molar-refractivity contribution in [3.05, 3.63) is 29.6 Å². The van der Waals surface area contributed by atoms with E-state index in [1.165, 1.54) is 32.4 Å². The molecule has 2 heterocycles. The standard InChI is InChI=1S/C16H27N3/c1-4-16(3,19-10-6-5-7-11-19)15(17)14-9-8-13(2)18-12-14/h8-9,12,15H,4-7,10-11,17H2,1-3H3. The molecular formula is C16H27N3. The molecule has 0 amide bonds. The number of likely N-dealkylation sites (tertiary alicyclic amines) is 1. The first-order chi connectivity index (χ1) is 9.08. The quantitative estimate of drug-likeness (QED) is 0.906. The predicted octanol–water partition coefficient (Wildman–Crippen LogP) is 3.04. The molecule has 1 aromatic heterocycles. The van der Waals surface area contributed by atoms with Gasteiger partial charge in [0.1, 0.15) is 0 Å². The monoisotopic (exact) mass is 261 g/mol. The van der Waals surface area contributed by atoms with Crippen LogP contribution in [0, 0.1) is 6.92 Å². The molecule has 0 aromatic carbocycles. The van der Waals surface area contributed by atoms with Gasteiger partial charge in [0.05, 0.1) is 0 Å². The fourth-order valence-electron chi connectivity index (χ4n) is 3.07. The summed E-state index contributed by atoms with van der Waals surface area (Å²) in [7, 11) is 0. The third-order valence-corrected chi connectivity index (χ3v) is 4.76. The summed E-state index contributed by atoms with van der Waals surface area (Å²) in [5.41, 5.74) is 8.82. The lowest BCUT2D eigenvalue weighted by Crippen LogP contribution is -2.54. The molecule has 0 aliphatic carbocycles. The molecule has 1 aliphatic heterocycles. The van der Waals surface area contributed by atoms with E-state index in [1.807, 2.05) is 13.1 Å². The Labute approximate surface area is 117 Å². The van der Waals surface area contributed by atoms with Crippen LogP contribution < -0.4 is 5.73 Å². The minimum absolute atomic E-state index is 0.0312. The zero-order chi connectivity index (χ0) is 13.9. The van der Waals surface area contributed by atoms with Crippen LogP contribution in [0.25, 0.3) is 0 Å². The first-order valence-electron chi connectivity index (χ1n) is 7.51. The summed E-state index contributed by atoms with van der Waals surface area (Å²) < 4.78 is 0. The average molecular weight is 261 g/mol. The minimum Gasteiger partial charge on any atom is -0.322 e. The molecule has 2 atom stereocenters. The molecular weight excluding hydrogens is 234 g/mol. The molecule has 1 aliphatic rings. The number of aromatic nitrogens is 1. The van der Waals surface area contributed by atoms with Crippen LogP contribution in [0.3, 0.4) is 0 Å². The number of piperidine rings is 1. The van der Waals surface area contributed by atoms with Gasteiger partial charge < -0.3 is 5.73 Å². The van der Waals surface area contributed by atoms with Gasteiger partial charge in [-0.3, -0.25) is 9.88 Å². The van der Waals surface area contributed by atoms with E-state index in [9.17, 15) is 0 Å². The van der Waals surface area contributed by atoms with Gasteiger partial charge in [0.25, 0.3) is 0 Å². The van der Waals surface area contributed by atoms with Gasteiger partial charge in [-0.2, -0.15) is 0 Å². The van der Waals surface area contributed by atoms with Gasteiger partial charge in [-0.15, -0.1) is 0 Å². The normalized spacial score (nSPS) is 21.9. The van der Waals surface area contributed by atoms with Gasteiger partial charge >= 0.3 is 0 Å². The van der Waals surface area contributed by atoms with Crippen molar-refractivity contribution in [3.63, 3.8) is 0 Å². The first-order valence-corrected chi connectivity index (χ1v) is 7.51. The maximum Gasteiger partial charge on any atom is 0.0494 e. The lowest BCUT2D eigenvalue weighted by atomic mass is 9.83. The van der Waals surface area contributed by atoms with Crippen LogP contribution in [0.1, 0.15) is 56.8 Å². The molecule has 1 saturated heterocycles. The molecule has 0 radical (unpaired) electrons. The Morgan fingerprint density at radius 1 is 1.32 bits per heavy atom. The summed E-state index contributed by atoms with van der Waals surface area (Å²) in [4.78, 5) is 6.98. The van der Waals surface area contributed by atoms with E-state index in [-0.39, 0.29) is 11.6 Å². The number of aryl methyl sites for hydroxylation is 1. The number of hydrogen-bond donors (Lipinski definition) is 1. The molecule has 2 unspecified atom stereocenters. The SMILES string of the molecule is CCC(C)(C(N)c1ccc(C)nc1)N1CCCCC1. The van der Waals surface area contributed by atoms with Crippen LogP contribution in [0.15, 0.2) is 18.3 Å². The molecule has 0 spiro atoms. The van der Waals surface area contributed by atoms with Crippen molar-refractivity contribution in [2.75, 3.05) is 13.1 Å². The highest BCUT2D eigenvalue weighted by Gasteiger charge is 2.37. The highest BCUT2D eigenvalue weighted by Crippen LogP contribution is 2.34. The van der Waals surface area contributed by atoms with E-state index in [4.69, 9.17) is 5.73 Å². The van der Waals surface area contributed by atoms with Crippen molar-refractivity contribution in [2.24, 2.45) is 5.73 Å². The Balaban J connectivity index is 2.21. The second-order valence-corrected chi connectivity index (χ2v) is 5.97. The zero-order valence-electron chi connectivity index (χ0n) is 12.5. The summed E-state index contributed by atoms with van der Waals surface area (Å²) >= 11 is 0. The molecule has 1 fully saturated rings. The van der Waals surface area contributed by atoms with Gasteiger partial charge in [-0.05, 0) is 57.8 Å². The molecule has 3 nitrogen and oxygen atoms in total. The van der Waals surface area contributed by atoms with Crippen LogP contribution in [-0.4, -0.2) is 28.5 Å². The molecule has 3 heteroatoms. The zero-order valence-corrected chi connectivity index (χ0v) is 12.5. The number of rotatable bonds is 4. The lowest BCUT2D eigenvalue weighted by Gasteiger charge is -2.46. The van der Waals surface area contributed by atoms with E-state index in [2.05, 4.69) is 35.9 Å². The Bertz CT molecular complexity index is 395. The van der Waals surface area contributed by atoms with Gasteiger partial charge in [0, 0.05) is 23.5 Å². The van der Waals surface area contributed by atoms with Crippen molar-refractivity contribution in [2.45, 2.75) is 58.0 Å². The smallest absolute Gasteiger partial charge is 0.0494 e. The van der Waals surface area contributed by atoms with Crippen molar-refractivity contribution in [1.82, 2.24) is 9.88 Å². The van der Waals surface area contributed by atoms with Gasteiger partial charge in [0.15, 0.2) is 0 Å². The molecule has 0 saturated carbocycles. The second kappa shape index (κ2) is 6.02. The summed E-state index contributed by atoms with van der Waals surface area (Å²) in [6.07, 6.45) is 6.97. The predicted molar refractivity (Wildman–Crippen MR) is 80.0 cm³/mol. The summed E-state index contributed by atoms with van der Waals surface area (Å²) in [6, 6.07) is 4.22. The molecule has 19 heavy (non-hydrogen) atoms. The third kappa shape index (κ3) is 2.98. The molecule has 1 aromatic rings. The van der Waals surface area contributed by atoms with Crippen LogP contribution in [0.4, 0.5) is 0 Å². The van der Waals surface area contributed by atoms with Gasteiger partial charge in [-0.1, -0.05) is 19.4 Å². The Hall–Kier alpha value is -0.930. The molecule has 0 bridgehead atoms. The van der Waals surface area contributed by atoms with Crippen molar-refractivity contribution < 1.29 is 0 Å². The van der Waals surface area contributed by atoms with Crippen molar-refractivity contribution in [3.8, 4) is 0 Å². The highest BCUT2D eigenvalue weighted by atomic mass is 15.2. The number of hydrogen-bond acceptors (Lipinski definition) is 3. The fraction of sp³-hybridized carbons (Fsp3) is 0.688. The topological polar surface area (TPSA) is 42.1 Å². The van der Waals surface area contributed by atoms with Crippen molar-refractivity contribution >= 4 is 0 Å². The molecule has 106 valence electrons. The maximum absolute atomic E-state index is 6.58. The summed E-state index contributed by atoms with van der Waals surface area (Å²) in [5, 5.41) is 0. The van der Waals surface area contributed by atoms with Crippen LogP contribution >= 0.6 is 0 Å². The molecule has 2 rings (SSSR count). The number of nitrogens with zero attached hydrogens (tertiary/aromatic N) is 2.